The number of rotatable bonds is 3. The van der Waals surface area contributed by atoms with Crippen LogP contribution in [0.15, 0.2) is 0 Å². The van der Waals surface area contributed by atoms with Crippen molar-refractivity contribution >= 4 is 18.6 Å². The molecule has 0 rings (SSSR count). The largest absolute Gasteiger partial charge is 0.480 e. The maximum absolute atomic E-state index is 11.2. The van der Waals surface area contributed by atoms with Crippen molar-refractivity contribution in [2.75, 3.05) is 5.75 Å². The molecule has 0 aliphatic carbocycles. The predicted molar refractivity (Wildman–Crippen MR) is 29.5 cm³/mol. The van der Waals surface area contributed by atoms with Crippen molar-refractivity contribution in [2.24, 2.45) is 0 Å². The molecule has 1 atom stereocenters. The van der Waals surface area contributed by atoms with E-state index in [1.807, 2.05) is 0 Å². The number of hydrogen-bond donors (Lipinski definition) is 3. The number of aliphatic carboxylic acids is 1. The topological polar surface area (TPSA) is 49.3 Å². The van der Waals surface area contributed by atoms with Crippen LogP contribution in [0, 0.1) is 0 Å². The molecule has 0 aliphatic heterocycles. The Kier molecular flexibility index (Phi) is 3.55. The Hall–Kier alpha value is -0.290. The Morgan fingerprint density at radius 2 is 2.50 bits per heavy atom. The van der Waals surface area contributed by atoms with Gasteiger partial charge in [-0.1, -0.05) is 0 Å². The van der Waals surface area contributed by atoms with Crippen molar-refractivity contribution < 1.29 is 14.4 Å². The summed E-state index contributed by atoms with van der Waals surface area (Å²) in [6.07, 6.45) is 0. The van der Waals surface area contributed by atoms with Crippen LogP contribution in [0.4, 0.5) is 4.48 Å². The zero-order valence-corrected chi connectivity index (χ0v) is 4.86. The number of carbonyl (C=O) groups is 1. The molecule has 0 aromatic heterocycles. The summed E-state index contributed by atoms with van der Waals surface area (Å²) in [5, 5.41) is 8.02. The summed E-state index contributed by atoms with van der Waals surface area (Å²) >= 11 is 3.55. The number of thiol groups is 1. The molecular weight excluding hydrogens is 133 g/mol. The summed E-state index contributed by atoms with van der Waals surface area (Å²) in [6.45, 7) is 0. The van der Waals surface area contributed by atoms with Gasteiger partial charge >= 0.3 is 5.97 Å². The molecule has 0 aromatic carbocycles. The van der Waals surface area contributed by atoms with Gasteiger partial charge in [0.1, 0.15) is 6.04 Å². The minimum Gasteiger partial charge on any atom is -0.480 e. The molecule has 2 N–H and O–H groups in total. The maximum atomic E-state index is 11.2. The van der Waals surface area contributed by atoms with Crippen LogP contribution in [0.3, 0.4) is 0 Å². The molecule has 0 radical (unpaired) electrons. The highest BCUT2D eigenvalue weighted by molar-refractivity contribution is 7.80. The van der Waals surface area contributed by atoms with E-state index in [1.165, 1.54) is 0 Å². The lowest BCUT2D eigenvalue weighted by Crippen LogP contribution is -2.32. The van der Waals surface area contributed by atoms with Crippen molar-refractivity contribution in [2.45, 2.75) is 6.04 Å². The van der Waals surface area contributed by atoms with E-state index in [1.54, 1.807) is 0 Å². The Labute approximate surface area is 51.2 Å². The van der Waals surface area contributed by atoms with E-state index in [4.69, 9.17) is 5.11 Å². The average molecular weight is 139 g/mol. The molecule has 0 aromatic rings. The lowest BCUT2D eigenvalue weighted by atomic mass is 10.4. The molecule has 48 valence electrons. The highest BCUT2D eigenvalue weighted by Gasteiger charge is 2.13. The smallest absolute Gasteiger partial charge is 0.324 e. The van der Waals surface area contributed by atoms with Crippen LogP contribution in [0.25, 0.3) is 0 Å². The summed E-state index contributed by atoms with van der Waals surface area (Å²) < 4.78 is 11.2. The first-order chi connectivity index (χ1) is 3.72. The second-order valence-electron chi connectivity index (χ2n) is 1.18. The summed E-state index contributed by atoms with van der Waals surface area (Å²) in [5.41, 5.74) is 1.08. The minimum absolute atomic E-state index is 0.0498. The third kappa shape index (κ3) is 2.13. The molecular formula is C3H6FNO2S. The molecule has 8 heavy (non-hydrogen) atoms. The third-order valence-electron chi connectivity index (χ3n) is 0.612. The van der Waals surface area contributed by atoms with Crippen LogP contribution >= 0.6 is 12.6 Å². The first-order valence-corrected chi connectivity index (χ1v) is 2.55. The van der Waals surface area contributed by atoms with Gasteiger partial charge in [0.2, 0.25) is 0 Å². The fraction of sp³-hybridized carbons (Fsp3) is 0.667. The standard InChI is InChI=1S/C3H6FNO2S/c4-5-2(1-8)3(6)7/h2,5,8H,1H2,(H,6,7). The van der Waals surface area contributed by atoms with Gasteiger partial charge in [-0.2, -0.15) is 12.6 Å². The molecule has 0 fully saturated rings. The molecule has 0 aliphatic rings. The van der Waals surface area contributed by atoms with Gasteiger partial charge in [-0.25, -0.2) is 0 Å². The molecule has 0 spiro atoms. The summed E-state index contributed by atoms with van der Waals surface area (Å²) in [5.74, 6) is -1.28. The van der Waals surface area contributed by atoms with Crippen LogP contribution in [-0.2, 0) is 4.79 Å². The maximum Gasteiger partial charge on any atom is 0.324 e. The fourth-order valence-corrected chi connectivity index (χ4v) is 0.384. The third-order valence-corrected chi connectivity index (χ3v) is 0.978. The molecule has 0 amide bonds. The lowest BCUT2D eigenvalue weighted by molar-refractivity contribution is -0.140. The fourth-order valence-electron chi connectivity index (χ4n) is 0.159. The van der Waals surface area contributed by atoms with Crippen molar-refractivity contribution in [3.63, 3.8) is 0 Å². The van der Waals surface area contributed by atoms with Crippen LogP contribution in [0.2, 0.25) is 0 Å². The van der Waals surface area contributed by atoms with Gasteiger partial charge in [-0.05, 0) is 0 Å². The van der Waals surface area contributed by atoms with Gasteiger partial charge in [-0.15, -0.1) is 10.0 Å². The summed E-state index contributed by atoms with van der Waals surface area (Å²) in [4.78, 5) is 9.81. The summed E-state index contributed by atoms with van der Waals surface area (Å²) in [7, 11) is 0. The second kappa shape index (κ2) is 3.68. The zero-order chi connectivity index (χ0) is 6.57. The highest BCUT2D eigenvalue weighted by atomic mass is 32.1. The van der Waals surface area contributed by atoms with E-state index < -0.39 is 12.0 Å². The van der Waals surface area contributed by atoms with Crippen molar-refractivity contribution in [1.82, 2.24) is 5.54 Å². The van der Waals surface area contributed by atoms with Gasteiger partial charge in [-0.3, -0.25) is 4.79 Å². The quantitative estimate of drug-likeness (QED) is 0.376. The number of carboxylic acids is 1. The molecule has 0 bridgehead atoms. The SMILES string of the molecule is O=C(O)C(CS)NF. The van der Waals surface area contributed by atoms with Gasteiger partial charge in [0.15, 0.2) is 0 Å². The van der Waals surface area contributed by atoms with E-state index in [9.17, 15) is 9.28 Å². The molecule has 1 unspecified atom stereocenters. The first-order valence-electron chi connectivity index (χ1n) is 1.92. The van der Waals surface area contributed by atoms with E-state index in [0.717, 1.165) is 5.54 Å². The Balaban J connectivity index is 3.52. The van der Waals surface area contributed by atoms with E-state index in [2.05, 4.69) is 12.6 Å². The van der Waals surface area contributed by atoms with Crippen LogP contribution in [0.1, 0.15) is 0 Å². The Bertz CT molecular complexity index is 85.4. The number of halogens is 1. The molecule has 0 saturated carbocycles. The van der Waals surface area contributed by atoms with Crippen LogP contribution in [-0.4, -0.2) is 22.9 Å². The van der Waals surface area contributed by atoms with E-state index in [-0.39, 0.29) is 5.75 Å². The average Bonchev–Trinajstić information content (AvgIpc) is 1.69. The van der Waals surface area contributed by atoms with Gasteiger partial charge in [0.05, 0.1) is 0 Å². The zero-order valence-electron chi connectivity index (χ0n) is 3.97. The Morgan fingerprint density at radius 1 is 2.00 bits per heavy atom. The summed E-state index contributed by atoms with van der Waals surface area (Å²) in [6, 6.07) is -1.18. The minimum atomic E-state index is -1.23. The first kappa shape index (κ1) is 7.71. The van der Waals surface area contributed by atoms with Gasteiger partial charge < -0.3 is 5.11 Å². The molecule has 0 heterocycles. The molecule has 5 heteroatoms. The Morgan fingerprint density at radius 3 is 2.50 bits per heavy atom. The predicted octanol–water partition coefficient (Wildman–Crippen LogP) is -0.156. The number of carboxylic acid groups (broad SMARTS) is 1. The molecule has 3 nitrogen and oxygen atoms in total. The van der Waals surface area contributed by atoms with Crippen molar-refractivity contribution in [3.05, 3.63) is 0 Å². The van der Waals surface area contributed by atoms with Crippen LogP contribution < -0.4 is 5.54 Å². The van der Waals surface area contributed by atoms with Crippen LogP contribution in [0.5, 0.6) is 0 Å². The van der Waals surface area contributed by atoms with E-state index in [0.29, 0.717) is 0 Å². The number of hydrogen-bond acceptors (Lipinski definition) is 3. The van der Waals surface area contributed by atoms with Gasteiger partial charge in [0.25, 0.3) is 0 Å². The van der Waals surface area contributed by atoms with Gasteiger partial charge in [0, 0.05) is 5.75 Å². The highest BCUT2D eigenvalue weighted by Crippen LogP contribution is 1.86. The van der Waals surface area contributed by atoms with Crippen molar-refractivity contribution in [1.29, 1.82) is 0 Å². The monoisotopic (exact) mass is 139 g/mol. The normalized spacial score (nSPS) is 13.2. The lowest BCUT2D eigenvalue weighted by Gasteiger charge is -2.01. The molecule has 0 saturated heterocycles. The van der Waals surface area contributed by atoms with Crippen molar-refractivity contribution in [3.8, 4) is 0 Å². The second-order valence-corrected chi connectivity index (χ2v) is 1.55. The van der Waals surface area contributed by atoms with E-state index >= 15 is 0 Å². The number of nitrogens with one attached hydrogen (secondary N) is 1.